The monoisotopic (exact) mass is 308 g/mol. The molecule has 2 fully saturated rings. The Labute approximate surface area is 124 Å². The Morgan fingerprint density at radius 1 is 1.14 bits per heavy atom. The van der Waals surface area contributed by atoms with E-state index in [4.69, 9.17) is 5.73 Å². The van der Waals surface area contributed by atoms with Gasteiger partial charge in [-0.1, -0.05) is 0 Å². The van der Waals surface area contributed by atoms with Gasteiger partial charge in [-0.25, -0.2) is 8.78 Å². The van der Waals surface area contributed by atoms with E-state index in [-0.39, 0.29) is 10.6 Å². The minimum Gasteiger partial charge on any atom is -0.398 e. The van der Waals surface area contributed by atoms with Crippen LogP contribution in [0.25, 0.3) is 0 Å². The van der Waals surface area contributed by atoms with Crippen molar-refractivity contribution < 1.29 is 8.78 Å². The van der Waals surface area contributed by atoms with Crippen LogP contribution in [-0.2, 0) is 0 Å². The molecule has 0 unspecified atom stereocenters. The first kappa shape index (κ1) is 13.1. The Balaban J connectivity index is 1.73. The first-order valence-corrected chi connectivity index (χ1v) is 7.83. The third-order valence-corrected chi connectivity index (χ3v) is 4.90. The number of aromatic nitrogens is 3. The number of benzene rings is 1. The van der Waals surface area contributed by atoms with Crippen LogP contribution in [0.15, 0.2) is 22.2 Å². The Kier molecular flexibility index (Phi) is 2.92. The molecule has 21 heavy (non-hydrogen) atoms. The summed E-state index contributed by atoms with van der Waals surface area (Å²) in [7, 11) is 0. The van der Waals surface area contributed by atoms with Gasteiger partial charge in [-0.2, -0.15) is 0 Å². The normalized spacial score (nSPS) is 18.2. The van der Waals surface area contributed by atoms with Crippen molar-refractivity contribution in [3.05, 3.63) is 29.6 Å². The Morgan fingerprint density at radius 3 is 2.57 bits per heavy atom. The summed E-state index contributed by atoms with van der Waals surface area (Å²) in [5.74, 6) is -0.359. The highest BCUT2D eigenvalue weighted by molar-refractivity contribution is 7.99. The van der Waals surface area contributed by atoms with Crippen LogP contribution in [0.1, 0.15) is 43.5 Å². The van der Waals surface area contributed by atoms with E-state index in [1.54, 1.807) is 0 Å². The van der Waals surface area contributed by atoms with E-state index >= 15 is 0 Å². The van der Waals surface area contributed by atoms with E-state index in [0.717, 1.165) is 49.3 Å². The van der Waals surface area contributed by atoms with Gasteiger partial charge in [0, 0.05) is 17.6 Å². The molecule has 4 nitrogen and oxygen atoms in total. The molecule has 0 radical (unpaired) electrons. The smallest absolute Gasteiger partial charge is 0.196 e. The molecule has 0 atom stereocenters. The number of anilines is 1. The van der Waals surface area contributed by atoms with Gasteiger partial charge in [0.1, 0.15) is 5.82 Å². The molecule has 0 amide bonds. The summed E-state index contributed by atoms with van der Waals surface area (Å²) in [6.45, 7) is 0. The van der Waals surface area contributed by atoms with E-state index in [9.17, 15) is 8.78 Å². The highest BCUT2D eigenvalue weighted by Crippen LogP contribution is 2.47. The fourth-order valence-electron chi connectivity index (χ4n) is 2.40. The van der Waals surface area contributed by atoms with Gasteiger partial charge < -0.3 is 10.3 Å². The SMILES string of the molecule is Nc1ccc(F)c(F)c1Sc1nnc(C2CC2)n1C1CC1. The van der Waals surface area contributed by atoms with E-state index in [1.165, 1.54) is 6.07 Å². The largest absolute Gasteiger partial charge is 0.398 e. The number of rotatable bonds is 4. The van der Waals surface area contributed by atoms with E-state index in [2.05, 4.69) is 14.8 Å². The van der Waals surface area contributed by atoms with Crippen molar-refractivity contribution in [3.8, 4) is 0 Å². The minimum atomic E-state index is -0.918. The van der Waals surface area contributed by atoms with E-state index in [0.29, 0.717) is 17.1 Å². The first-order chi connectivity index (χ1) is 10.1. The summed E-state index contributed by atoms with van der Waals surface area (Å²) in [5.41, 5.74) is 5.99. The summed E-state index contributed by atoms with van der Waals surface area (Å²) in [6.07, 6.45) is 4.44. The van der Waals surface area contributed by atoms with Crippen LogP contribution < -0.4 is 5.73 Å². The van der Waals surface area contributed by atoms with Crippen LogP contribution >= 0.6 is 11.8 Å². The number of halogens is 2. The van der Waals surface area contributed by atoms with E-state index in [1.807, 2.05) is 0 Å². The van der Waals surface area contributed by atoms with Gasteiger partial charge in [0.25, 0.3) is 0 Å². The quantitative estimate of drug-likeness (QED) is 0.878. The maximum atomic E-state index is 13.9. The molecule has 0 spiro atoms. The minimum absolute atomic E-state index is 0.0895. The molecule has 1 heterocycles. The number of nitrogen functional groups attached to an aromatic ring is 1. The number of hydrogen-bond donors (Lipinski definition) is 1. The molecule has 2 aromatic rings. The summed E-state index contributed by atoms with van der Waals surface area (Å²) < 4.78 is 29.4. The second kappa shape index (κ2) is 4.69. The van der Waals surface area contributed by atoms with Crippen LogP contribution in [0.4, 0.5) is 14.5 Å². The standard InChI is InChI=1S/C14H14F2N4S/c15-9-5-6-10(17)12(11(9)16)21-14-19-18-13(7-1-2-7)20(14)8-3-4-8/h5-8H,1-4,17H2. The number of nitrogens with two attached hydrogens (primary N) is 1. The lowest BCUT2D eigenvalue weighted by atomic mass is 10.3. The summed E-state index contributed by atoms with van der Waals surface area (Å²) >= 11 is 1.07. The van der Waals surface area contributed by atoms with Crippen molar-refractivity contribution in [2.75, 3.05) is 5.73 Å². The van der Waals surface area contributed by atoms with Gasteiger partial charge in [0.05, 0.1) is 4.90 Å². The van der Waals surface area contributed by atoms with Crippen molar-refractivity contribution >= 4 is 17.4 Å². The fraction of sp³-hybridized carbons (Fsp3) is 0.429. The molecule has 0 bridgehead atoms. The third-order valence-electron chi connectivity index (χ3n) is 3.82. The number of hydrogen-bond acceptors (Lipinski definition) is 4. The molecular formula is C14H14F2N4S. The van der Waals surface area contributed by atoms with E-state index < -0.39 is 11.6 Å². The number of nitrogens with zero attached hydrogens (tertiary/aromatic N) is 3. The topological polar surface area (TPSA) is 56.7 Å². The van der Waals surface area contributed by atoms with Gasteiger partial charge in [0.15, 0.2) is 16.8 Å². The average molecular weight is 308 g/mol. The molecule has 1 aromatic heterocycles. The predicted octanol–water partition coefficient (Wildman–Crippen LogP) is 3.50. The lowest BCUT2D eigenvalue weighted by Gasteiger charge is -2.10. The fourth-order valence-corrected chi connectivity index (χ4v) is 3.37. The molecular weight excluding hydrogens is 294 g/mol. The Morgan fingerprint density at radius 2 is 1.90 bits per heavy atom. The molecule has 110 valence electrons. The van der Waals surface area contributed by atoms with Crippen molar-refractivity contribution in [2.24, 2.45) is 0 Å². The molecule has 1 aromatic carbocycles. The maximum absolute atomic E-state index is 13.9. The van der Waals surface area contributed by atoms with Crippen molar-refractivity contribution in [3.63, 3.8) is 0 Å². The Bertz CT molecular complexity index is 707. The molecule has 0 aliphatic heterocycles. The highest BCUT2D eigenvalue weighted by Gasteiger charge is 2.36. The summed E-state index contributed by atoms with van der Waals surface area (Å²) in [4.78, 5) is 0.0895. The molecule has 2 N–H and O–H groups in total. The lowest BCUT2D eigenvalue weighted by molar-refractivity contribution is 0.492. The molecule has 2 saturated carbocycles. The zero-order chi connectivity index (χ0) is 14.6. The molecule has 4 rings (SSSR count). The second-order valence-electron chi connectivity index (χ2n) is 5.60. The second-order valence-corrected chi connectivity index (χ2v) is 6.58. The molecule has 7 heteroatoms. The van der Waals surface area contributed by atoms with Gasteiger partial charge in [0.2, 0.25) is 0 Å². The average Bonchev–Trinajstić information content (AvgIpc) is 3.38. The van der Waals surface area contributed by atoms with Crippen molar-refractivity contribution in [1.29, 1.82) is 0 Å². The van der Waals surface area contributed by atoms with Gasteiger partial charge in [-0.05, 0) is 49.6 Å². The van der Waals surface area contributed by atoms with Crippen molar-refractivity contribution in [2.45, 2.75) is 47.7 Å². The Hall–Kier alpha value is -1.63. The lowest BCUT2D eigenvalue weighted by Crippen LogP contribution is -2.03. The molecule has 0 saturated heterocycles. The molecule has 2 aliphatic rings. The van der Waals surface area contributed by atoms with Crippen LogP contribution in [0.5, 0.6) is 0 Å². The van der Waals surface area contributed by atoms with Crippen LogP contribution in [0.3, 0.4) is 0 Å². The van der Waals surface area contributed by atoms with Gasteiger partial charge in [-0.3, -0.25) is 0 Å². The van der Waals surface area contributed by atoms with Gasteiger partial charge >= 0.3 is 0 Å². The summed E-state index contributed by atoms with van der Waals surface area (Å²) in [6, 6.07) is 2.81. The first-order valence-electron chi connectivity index (χ1n) is 7.01. The van der Waals surface area contributed by atoms with Crippen LogP contribution in [-0.4, -0.2) is 14.8 Å². The highest BCUT2D eigenvalue weighted by atomic mass is 32.2. The predicted molar refractivity (Wildman–Crippen MR) is 75.2 cm³/mol. The summed E-state index contributed by atoms with van der Waals surface area (Å²) in [5, 5.41) is 9.04. The van der Waals surface area contributed by atoms with Crippen molar-refractivity contribution in [1.82, 2.24) is 14.8 Å². The third kappa shape index (κ3) is 2.29. The molecule has 2 aliphatic carbocycles. The zero-order valence-electron chi connectivity index (χ0n) is 11.2. The van der Waals surface area contributed by atoms with Gasteiger partial charge in [-0.15, -0.1) is 10.2 Å². The van der Waals surface area contributed by atoms with Crippen LogP contribution in [0.2, 0.25) is 0 Å². The zero-order valence-corrected chi connectivity index (χ0v) is 12.0. The maximum Gasteiger partial charge on any atom is 0.196 e. The van der Waals surface area contributed by atoms with Crippen LogP contribution in [0, 0.1) is 11.6 Å².